The molecule has 1 aromatic heterocycles. The number of carbonyl (C=O) groups is 1. The lowest BCUT2D eigenvalue weighted by atomic mass is 10.2. The zero-order valence-corrected chi connectivity index (χ0v) is 11.0. The first kappa shape index (κ1) is 13.3. The molecule has 5 heteroatoms. The number of hydrogen-bond donors (Lipinski definition) is 1. The minimum atomic E-state index is -0.0881. The van der Waals surface area contributed by atoms with Crippen LogP contribution >= 0.6 is 0 Å². The topological polar surface area (TPSA) is 64.2 Å². The minimum absolute atomic E-state index is 0.0881. The Balaban J connectivity index is 2.13. The van der Waals surface area contributed by atoms with Crippen LogP contribution in [0.3, 0.4) is 0 Å². The van der Waals surface area contributed by atoms with Crippen LogP contribution < -0.4 is 5.73 Å². The van der Waals surface area contributed by atoms with Gasteiger partial charge in [0.15, 0.2) is 0 Å². The molecule has 100 valence electrons. The summed E-state index contributed by atoms with van der Waals surface area (Å²) in [6.45, 7) is 1.50. The normalized spacial score (nSPS) is 10.4. The predicted octanol–water partition coefficient (Wildman–Crippen LogP) is 1.02. The van der Waals surface area contributed by atoms with Gasteiger partial charge in [0.2, 0.25) is 0 Å². The average molecular weight is 258 g/mol. The molecule has 1 heterocycles. The lowest BCUT2D eigenvalue weighted by Crippen LogP contribution is -2.35. The molecule has 2 rings (SSSR count). The Bertz CT molecular complexity index is 535. The third-order valence-electron chi connectivity index (χ3n) is 2.84. The van der Waals surface area contributed by atoms with Crippen molar-refractivity contribution < 1.29 is 4.79 Å². The van der Waals surface area contributed by atoms with E-state index in [9.17, 15) is 4.79 Å². The Morgan fingerprint density at radius 2 is 2.05 bits per heavy atom. The average Bonchev–Trinajstić information content (AvgIpc) is 2.85. The molecule has 0 bridgehead atoms. The van der Waals surface area contributed by atoms with E-state index in [0.29, 0.717) is 25.3 Å². The van der Waals surface area contributed by atoms with E-state index in [0.717, 1.165) is 5.56 Å². The number of rotatable bonds is 5. The van der Waals surface area contributed by atoms with Gasteiger partial charge < -0.3 is 10.6 Å². The summed E-state index contributed by atoms with van der Waals surface area (Å²) < 4.78 is 1.62. The van der Waals surface area contributed by atoms with Crippen LogP contribution in [-0.4, -0.2) is 33.7 Å². The Labute approximate surface area is 112 Å². The maximum Gasteiger partial charge on any atom is 0.274 e. The van der Waals surface area contributed by atoms with Crippen molar-refractivity contribution in [3.05, 3.63) is 53.9 Å². The fraction of sp³-hybridized carbons (Fsp3) is 0.286. The quantitative estimate of drug-likeness (QED) is 0.871. The van der Waals surface area contributed by atoms with E-state index >= 15 is 0 Å². The van der Waals surface area contributed by atoms with Crippen molar-refractivity contribution in [1.82, 2.24) is 14.7 Å². The second kappa shape index (κ2) is 6.15. The van der Waals surface area contributed by atoms with E-state index in [2.05, 4.69) is 5.10 Å². The molecule has 0 saturated heterocycles. The molecule has 0 aliphatic carbocycles. The van der Waals surface area contributed by atoms with Crippen LogP contribution in [0.15, 0.2) is 42.6 Å². The molecular formula is C14H18N4O. The number of amides is 1. The van der Waals surface area contributed by atoms with Gasteiger partial charge in [0.1, 0.15) is 5.69 Å². The molecular weight excluding hydrogens is 240 g/mol. The zero-order valence-electron chi connectivity index (χ0n) is 11.0. The van der Waals surface area contributed by atoms with Crippen molar-refractivity contribution in [2.45, 2.75) is 6.54 Å². The van der Waals surface area contributed by atoms with Crippen molar-refractivity contribution in [3.63, 3.8) is 0 Å². The van der Waals surface area contributed by atoms with Gasteiger partial charge in [0.05, 0.1) is 0 Å². The molecule has 0 saturated carbocycles. The van der Waals surface area contributed by atoms with Crippen molar-refractivity contribution >= 4 is 5.91 Å². The molecule has 0 aliphatic heterocycles. The lowest BCUT2D eigenvalue weighted by molar-refractivity contribution is 0.0741. The molecule has 0 atom stereocenters. The molecule has 0 fully saturated rings. The lowest BCUT2D eigenvalue weighted by Gasteiger charge is -2.21. The van der Waals surface area contributed by atoms with Crippen LogP contribution in [0.4, 0.5) is 0 Å². The number of nitrogens with zero attached hydrogens (tertiary/aromatic N) is 3. The highest BCUT2D eigenvalue weighted by Gasteiger charge is 2.17. The summed E-state index contributed by atoms with van der Waals surface area (Å²) in [4.78, 5) is 14.1. The van der Waals surface area contributed by atoms with Crippen LogP contribution in [0.5, 0.6) is 0 Å². The van der Waals surface area contributed by atoms with E-state index in [-0.39, 0.29) is 5.91 Å². The molecule has 2 aromatic rings. The number of hydrogen-bond acceptors (Lipinski definition) is 3. The summed E-state index contributed by atoms with van der Waals surface area (Å²) in [5.74, 6) is -0.0881. The summed E-state index contributed by atoms with van der Waals surface area (Å²) in [6, 6.07) is 11.6. The molecule has 19 heavy (non-hydrogen) atoms. The zero-order chi connectivity index (χ0) is 13.7. The smallest absolute Gasteiger partial charge is 0.274 e. The van der Waals surface area contributed by atoms with Crippen LogP contribution in [0.25, 0.3) is 0 Å². The molecule has 1 aromatic carbocycles. The van der Waals surface area contributed by atoms with Gasteiger partial charge in [-0.3, -0.25) is 9.48 Å². The maximum atomic E-state index is 12.3. The fourth-order valence-electron chi connectivity index (χ4n) is 1.90. The predicted molar refractivity (Wildman–Crippen MR) is 73.4 cm³/mol. The van der Waals surface area contributed by atoms with Gasteiger partial charge in [-0.1, -0.05) is 30.3 Å². The van der Waals surface area contributed by atoms with Crippen LogP contribution in [0, 0.1) is 0 Å². The van der Waals surface area contributed by atoms with Gasteiger partial charge >= 0.3 is 0 Å². The minimum Gasteiger partial charge on any atom is -0.332 e. The number of nitrogens with two attached hydrogens (primary N) is 1. The van der Waals surface area contributed by atoms with Gasteiger partial charge in [-0.25, -0.2) is 0 Å². The van der Waals surface area contributed by atoms with Crippen LogP contribution in [0.1, 0.15) is 16.1 Å². The highest BCUT2D eigenvalue weighted by atomic mass is 16.2. The van der Waals surface area contributed by atoms with Gasteiger partial charge in [0.25, 0.3) is 5.91 Å². The Morgan fingerprint density at radius 3 is 2.63 bits per heavy atom. The largest absolute Gasteiger partial charge is 0.332 e. The van der Waals surface area contributed by atoms with E-state index < -0.39 is 0 Å². The number of aryl methyl sites for hydroxylation is 1. The summed E-state index contributed by atoms with van der Waals surface area (Å²) in [5, 5.41) is 4.14. The van der Waals surface area contributed by atoms with Gasteiger partial charge in [-0.2, -0.15) is 5.10 Å². The monoisotopic (exact) mass is 258 g/mol. The maximum absolute atomic E-state index is 12.3. The van der Waals surface area contributed by atoms with Gasteiger partial charge in [-0.15, -0.1) is 0 Å². The van der Waals surface area contributed by atoms with Crippen molar-refractivity contribution in [2.75, 3.05) is 13.1 Å². The summed E-state index contributed by atoms with van der Waals surface area (Å²) in [6.07, 6.45) is 1.76. The number of carbonyl (C=O) groups excluding carboxylic acids is 1. The van der Waals surface area contributed by atoms with E-state index in [4.69, 9.17) is 5.73 Å². The first-order valence-electron chi connectivity index (χ1n) is 6.23. The second-order valence-electron chi connectivity index (χ2n) is 4.38. The van der Waals surface area contributed by atoms with Crippen molar-refractivity contribution in [2.24, 2.45) is 12.8 Å². The summed E-state index contributed by atoms with van der Waals surface area (Å²) in [5.41, 5.74) is 7.12. The Morgan fingerprint density at radius 1 is 1.32 bits per heavy atom. The van der Waals surface area contributed by atoms with E-state index in [1.54, 1.807) is 28.9 Å². The third-order valence-corrected chi connectivity index (χ3v) is 2.84. The highest BCUT2D eigenvalue weighted by Crippen LogP contribution is 2.08. The molecule has 0 spiro atoms. The second-order valence-corrected chi connectivity index (χ2v) is 4.38. The summed E-state index contributed by atoms with van der Waals surface area (Å²) >= 11 is 0. The number of benzene rings is 1. The SMILES string of the molecule is Cn1ccc(C(=O)N(CCN)Cc2ccccc2)n1. The highest BCUT2D eigenvalue weighted by molar-refractivity contribution is 5.92. The molecule has 1 amide bonds. The van der Waals surface area contributed by atoms with Gasteiger partial charge in [0, 0.05) is 32.9 Å². The van der Waals surface area contributed by atoms with E-state index in [1.807, 2.05) is 30.3 Å². The first-order chi connectivity index (χ1) is 9.20. The first-order valence-corrected chi connectivity index (χ1v) is 6.23. The Hall–Kier alpha value is -2.14. The Kier molecular flexibility index (Phi) is 4.30. The molecule has 0 aliphatic rings. The molecule has 5 nitrogen and oxygen atoms in total. The molecule has 0 radical (unpaired) electrons. The summed E-state index contributed by atoms with van der Waals surface area (Å²) in [7, 11) is 1.79. The molecule has 2 N–H and O–H groups in total. The standard InChI is InChI=1S/C14H18N4O/c1-17-9-7-13(16-17)14(19)18(10-8-15)11-12-5-3-2-4-6-12/h2-7,9H,8,10-11,15H2,1H3. The molecule has 0 unspecified atom stereocenters. The van der Waals surface area contributed by atoms with Crippen molar-refractivity contribution in [1.29, 1.82) is 0 Å². The van der Waals surface area contributed by atoms with Gasteiger partial charge in [-0.05, 0) is 11.6 Å². The van der Waals surface area contributed by atoms with E-state index in [1.165, 1.54) is 0 Å². The third kappa shape index (κ3) is 3.42. The van der Waals surface area contributed by atoms with Crippen LogP contribution in [0.2, 0.25) is 0 Å². The van der Waals surface area contributed by atoms with Crippen molar-refractivity contribution in [3.8, 4) is 0 Å². The number of aromatic nitrogens is 2. The van der Waals surface area contributed by atoms with Crippen LogP contribution in [-0.2, 0) is 13.6 Å². The fourth-order valence-corrected chi connectivity index (χ4v) is 1.90.